The maximum atomic E-state index is 13.4. The van der Waals surface area contributed by atoms with Gasteiger partial charge in [0.1, 0.15) is 5.82 Å². The lowest BCUT2D eigenvalue weighted by Crippen LogP contribution is -2.41. The summed E-state index contributed by atoms with van der Waals surface area (Å²) in [7, 11) is 0. The third-order valence-electron chi connectivity index (χ3n) is 3.56. The van der Waals surface area contributed by atoms with Crippen LogP contribution < -0.4 is 5.73 Å². The van der Waals surface area contributed by atoms with Crippen molar-refractivity contribution in [1.82, 2.24) is 0 Å². The van der Waals surface area contributed by atoms with Crippen molar-refractivity contribution in [3.63, 3.8) is 0 Å². The second kappa shape index (κ2) is 6.35. The summed E-state index contributed by atoms with van der Waals surface area (Å²) < 4.78 is 13.4. The SMILES string of the molecule is NCC(CO)(Cc1cccc(Cl)c1)c1cccc(F)c1. The number of aliphatic hydroxyl groups is 1. The van der Waals surface area contributed by atoms with Gasteiger partial charge in [0, 0.05) is 17.0 Å². The zero-order valence-corrected chi connectivity index (χ0v) is 11.8. The van der Waals surface area contributed by atoms with Crippen LogP contribution in [0.5, 0.6) is 0 Å². The van der Waals surface area contributed by atoms with Crippen LogP contribution >= 0.6 is 11.6 Å². The van der Waals surface area contributed by atoms with E-state index >= 15 is 0 Å². The second-order valence-corrected chi connectivity index (χ2v) is 5.40. The lowest BCUT2D eigenvalue weighted by Gasteiger charge is -2.31. The molecule has 1 unspecified atom stereocenters. The number of rotatable bonds is 5. The van der Waals surface area contributed by atoms with E-state index in [9.17, 15) is 9.50 Å². The monoisotopic (exact) mass is 293 g/mol. The molecule has 0 saturated carbocycles. The predicted octanol–water partition coefficient (Wildman–Crippen LogP) is 2.91. The van der Waals surface area contributed by atoms with E-state index in [4.69, 9.17) is 17.3 Å². The van der Waals surface area contributed by atoms with E-state index < -0.39 is 5.41 Å². The molecule has 0 bridgehead atoms. The molecule has 0 aliphatic rings. The molecule has 2 nitrogen and oxygen atoms in total. The smallest absolute Gasteiger partial charge is 0.123 e. The third kappa shape index (κ3) is 3.18. The molecule has 0 fully saturated rings. The number of benzene rings is 2. The van der Waals surface area contributed by atoms with Gasteiger partial charge in [0.15, 0.2) is 0 Å². The van der Waals surface area contributed by atoms with E-state index in [-0.39, 0.29) is 19.0 Å². The molecule has 0 amide bonds. The minimum atomic E-state index is -0.702. The van der Waals surface area contributed by atoms with Gasteiger partial charge in [0.05, 0.1) is 6.61 Å². The Kier molecular flexibility index (Phi) is 4.76. The van der Waals surface area contributed by atoms with Crippen molar-refractivity contribution in [3.05, 3.63) is 70.5 Å². The van der Waals surface area contributed by atoms with Crippen LogP contribution in [0.15, 0.2) is 48.5 Å². The van der Waals surface area contributed by atoms with Crippen LogP contribution in [-0.2, 0) is 11.8 Å². The fourth-order valence-electron chi connectivity index (χ4n) is 2.36. The molecule has 20 heavy (non-hydrogen) atoms. The first-order chi connectivity index (χ1) is 9.59. The molecule has 0 aliphatic carbocycles. The molecular formula is C16H17ClFNO. The third-order valence-corrected chi connectivity index (χ3v) is 3.80. The second-order valence-electron chi connectivity index (χ2n) is 4.96. The maximum Gasteiger partial charge on any atom is 0.123 e. The molecule has 3 N–H and O–H groups in total. The predicted molar refractivity (Wildman–Crippen MR) is 79.4 cm³/mol. The van der Waals surface area contributed by atoms with Crippen LogP contribution in [0.2, 0.25) is 5.02 Å². The van der Waals surface area contributed by atoms with Gasteiger partial charge in [-0.05, 0) is 41.8 Å². The van der Waals surface area contributed by atoms with E-state index in [2.05, 4.69) is 0 Å². The molecule has 4 heteroatoms. The summed E-state index contributed by atoms with van der Waals surface area (Å²) in [6.45, 7) is 0.0684. The Morgan fingerprint density at radius 2 is 1.90 bits per heavy atom. The highest BCUT2D eigenvalue weighted by molar-refractivity contribution is 6.30. The summed E-state index contributed by atoms with van der Waals surface area (Å²) in [5.74, 6) is -0.333. The summed E-state index contributed by atoms with van der Waals surface area (Å²) in [6.07, 6.45) is 0.504. The Bertz CT molecular complexity index is 584. The summed E-state index contributed by atoms with van der Waals surface area (Å²) in [6, 6.07) is 13.6. The van der Waals surface area contributed by atoms with E-state index in [1.807, 2.05) is 18.2 Å². The van der Waals surface area contributed by atoms with Crippen LogP contribution in [0.25, 0.3) is 0 Å². The van der Waals surface area contributed by atoms with E-state index in [0.717, 1.165) is 5.56 Å². The minimum absolute atomic E-state index is 0.153. The van der Waals surface area contributed by atoms with Crippen LogP contribution in [0.3, 0.4) is 0 Å². The first-order valence-corrected chi connectivity index (χ1v) is 6.79. The van der Waals surface area contributed by atoms with Crippen LogP contribution in [0.1, 0.15) is 11.1 Å². The Morgan fingerprint density at radius 3 is 2.50 bits per heavy atom. The van der Waals surface area contributed by atoms with Gasteiger partial charge in [-0.25, -0.2) is 4.39 Å². The van der Waals surface area contributed by atoms with Crippen molar-refractivity contribution in [1.29, 1.82) is 0 Å². The standard InChI is InChI=1S/C16H17ClFNO/c17-14-5-1-3-12(7-14)9-16(10-19,11-20)13-4-2-6-15(18)8-13/h1-8,20H,9-11,19H2. The average molecular weight is 294 g/mol. The van der Waals surface area contributed by atoms with Gasteiger partial charge >= 0.3 is 0 Å². The highest BCUT2D eigenvalue weighted by atomic mass is 35.5. The molecule has 0 spiro atoms. The molecule has 2 aromatic rings. The summed E-state index contributed by atoms with van der Waals surface area (Å²) in [4.78, 5) is 0. The van der Waals surface area contributed by atoms with Gasteiger partial charge in [-0.1, -0.05) is 35.9 Å². The molecule has 1 atom stereocenters. The average Bonchev–Trinajstić information content (AvgIpc) is 2.45. The lowest BCUT2D eigenvalue weighted by molar-refractivity contribution is 0.195. The molecule has 0 radical (unpaired) electrons. The molecule has 0 aromatic heterocycles. The fraction of sp³-hybridized carbons (Fsp3) is 0.250. The lowest BCUT2D eigenvalue weighted by atomic mass is 9.76. The normalized spacial score (nSPS) is 14.0. The Balaban J connectivity index is 2.39. The van der Waals surface area contributed by atoms with Gasteiger partial charge in [0.25, 0.3) is 0 Å². The number of aliphatic hydroxyl groups excluding tert-OH is 1. The van der Waals surface area contributed by atoms with Crippen molar-refractivity contribution in [2.24, 2.45) is 5.73 Å². The zero-order chi connectivity index (χ0) is 14.6. The number of halogens is 2. The van der Waals surface area contributed by atoms with Crippen LogP contribution in [0, 0.1) is 5.82 Å². The van der Waals surface area contributed by atoms with E-state index in [1.165, 1.54) is 12.1 Å². The Hall–Kier alpha value is -1.42. The van der Waals surface area contributed by atoms with Gasteiger partial charge in [-0.15, -0.1) is 0 Å². The number of hydrogen-bond acceptors (Lipinski definition) is 2. The first-order valence-electron chi connectivity index (χ1n) is 6.41. The summed E-state index contributed by atoms with van der Waals surface area (Å²) >= 11 is 5.98. The summed E-state index contributed by atoms with van der Waals surface area (Å²) in [5, 5.41) is 10.4. The van der Waals surface area contributed by atoms with Gasteiger partial charge in [-0.2, -0.15) is 0 Å². The highest BCUT2D eigenvalue weighted by Crippen LogP contribution is 2.28. The van der Waals surface area contributed by atoms with Gasteiger partial charge in [-0.3, -0.25) is 0 Å². The van der Waals surface area contributed by atoms with E-state index in [1.54, 1.807) is 18.2 Å². The van der Waals surface area contributed by atoms with Crippen molar-refractivity contribution < 1.29 is 9.50 Å². The largest absolute Gasteiger partial charge is 0.395 e. The molecule has 2 aromatic carbocycles. The Labute approximate surface area is 123 Å². The molecular weight excluding hydrogens is 277 g/mol. The number of hydrogen-bond donors (Lipinski definition) is 2. The Morgan fingerprint density at radius 1 is 1.15 bits per heavy atom. The topological polar surface area (TPSA) is 46.2 Å². The quantitative estimate of drug-likeness (QED) is 0.890. The van der Waals surface area contributed by atoms with Crippen molar-refractivity contribution in [3.8, 4) is 0 Å². The fourth-order valence-corrected chi connectivity index (χ4v) is 2.57. The molecule has 0 saturated heterocycles. The molecule has 106 valence electrons. The zero-order valence-electron chi connectivity index (χ0n) is 11.0. The van der Waals surface area contributed by atoms with Crippen LogP contribution in [-0.4, -0.2) is 18.3 Å². The molecule has 0 aliphatic heterocycles. The minimum Gasteiger partial charge on any atom is -0.395 e. The maximum absolute atomic E-state index is 13.4. The van der Waals surface area contributed by atoms with E-state index in [0.29, 0.717) is 17.0 Å². The van der Waals surface area contributed by atoms with Gasteiger partial charge < -0.3 is 10.8 Å². The van der Waals surface area contributed by atoms with Crippen LogP contribution in [0.4, 0.5) is 4.39 Å². The summed E-state index contributed by atoms with van der Waals surface area (Å²) in [5.41, 5.74) is 6.83. The van der Waals surface area contributed by atoms with Crippen molar-refractivity contribution in [2.45, 2.75) is 11.8 Å². The highest BCUT2D eigenvalue weighted by Gasteiger charge is 2.31. The van der Waals surface area contributed by atoms with Crippen molar-refractivity contribution in [2.75, 3.05) is 13.2 Å². The first kappa shape index (κ1) is 15.0. The molecule has 0 heterocycles. The molecule has 2 rings (SSSR count). The number of nitrogens with two attached hydrogens (primary N) is 1. The van der Waals surface area contributed by atoms with Gasteiger partial charge in [0.2, 0.25) is 0 Å². The van der Waals surface area contributed by atoms with Crippen molar-refractivity contribution >= 4 is 11.6 Å².